The van der Waals surface area contributed by atoms with Crippen molar-refractivity contribution in [1.29, 1.82) is 0 Å². The third-order valence-electron chi connectivity index (χ3n) is 9.93. The van der Waals surface area contributed by atoms with Gasteiger partial charge in [0.1, 0.15) is 36.3 Å². The predicted molar refractivity (Wildman–Crippen MR) is 245 cm³/mol. The maximum atomic E-state index is 14.1. The molecule has 0 aliphatic rings. The first-order valence-corrected chi connectivity index (χ1v) is 22.1. The van der Waals surface area contributed by atoms with E-state index in [4.69, 9.17) is 28.7 Å². The molecular formula is C41H78N14O10. The van der Waals surface area contributed by atoms with Gasteiger partial charge in [0, 0.05) is 13.1 Å². The van der Waals surface area contributed by atoms with Gasteiger partial charge < -0.3 is 76.1 Å². The van der Waals surface area contributed by atoms with Crippen LogP contribution in [0.2, 0.25) is 0 Å². The summed E-state index contributed by atoms with van der Waals surface area (Å²) < 4.78 is 0. The van der Waals surface area contributed by atoms with Crippen LogP contribution in [0, 0.1) is 23.7 Å². The molecule has 0 aromatic rings. The number of nitrogens with zero attached hydrogens (tertiary/aromatic N) is 2. The fourth-order valence-electron chi connectivity index (χ4n) is 6.33. The fraction of sp³-hybridized carbons (Fsp3) is 0.756. The summed E-state index contributed by atoms with van der Waals surface area (Å²) in [6, 6.07) is -8.83. The molecule has 0 heterocycles. The number of nitrogens with one attached hydrogen (secondary N) is 7. The second-order valence-corrected chi connectivity index (χ2v) is 17.4. The van der Waals surface area contributed by atoms with Crippen LogP contribution in [-0.2, 0) is 38.4 Å². The van der Waals surface area contributed by atoms with Crippen LogP contribution >= 0.6 is 0 Å². The van der Waals surface area contributed by atoms with E-state index in [9.17, 15) is 48.6 Å². The van der Waals surface area contributed by atoms with Gasteiger partial charge in [-0.25, -0.2) is 4.79 Å². The number of hydrogen-bond donors (Lipinski definition) is 14. The molecule has 0 unspecified atom stereocenters. The molecule has 0 rings (SSSR count). The topological polar surface area (TPSA) is 416 Å². The maximum absolute atomic E-state index is 14.1. The predicted octanol–water partition coefficient (Wildman–Crippen LogP) is -3.29. The molecule has 24 heteroatoms. The number of carbonyl (C=O) groups excluding carboxylic acids is 7. The summed E-state index contributed by atoms with van der Waals surface area (Å²) in [4.78, 5) is 114. The minimum absolute atomic E-state index is 0.0171. The normalized spacial score (nSPS) is 14.8. The number of amides is 7. The lowest BCUT2D eigenvalue weighted by Gasteiger charge is -2.28. The average molecular weight is 927 g/mol. The lowest BCUT2D eigenvalue weighted by Crippen LogP contribution is -2.60. The number of carboxylic acids is 1. The highest BCUT2D eigenvalue weighted by atomic mass is 16.4. The SMILES string of the molecule is CC[C@H](C)[C@H](NC(=O)[C@H](CO)NC(=O)[C@H](CCCN=C(N)N)NC(=O)[C@H](CC(C)C)NC(=O)[C@H](CCCN=C(N)N)NC(=O)[C@H](CC(C)C)NC(=O)CNC(=O)[C@@H](N)CC(C)C)C(=O)O. The van der Waals surface area contributed by atoms with Gasteiger partial charge in [0.2, 0.25) is 41.4 Å². The van der Waals surface area contributed by atoms with E-state index in [1.807, 2.05) is 27.7 Å². The molecule has 7 amide bonds. The van der Waals surface area contributed by atoms with Gasteiger partial charge in [0.15, 0.2) is 11.9 Å². The molecule has 0 aliphatic carbocycles. The quantitative estimate of drug-likeness (QED) is 0.0179. The highest BCUT2D eigenvalue weighted by Gasteiger charge is 2.34. The van der Waals surface area contributed by atoms with E-state index in [0.717, 1.165) is 0 Å². The summed E-state index contributed by atoms with van der Waals surface area (Å²) in [5.74, 6) is -7.77. The van der Waals surface area contributed by atoms with E-state index < -0.39 is 109 Å². The molecule has 0 bridgehead atoms. The second-order valence-electron chi connectivity index (χ2n) is 17.4. The molecule has 8 atom stereocenters. The minimum Gasteiger partial charge on any atom is -0.480 e. The number of hydrogen-bond acceptors (Lipinski definition) is 12. The number of aliphatic hydroxyl groups is 1. The fourth-order valence-corrected chi connectivity index (χ4v) is 6.33. The molecule has 0 saturated carbocycles. The second kappa shape index (κ2) is 31.2. The summed E-state index contributed by atoms with van der Waals surface area (Å²) in [5, 5.41) is 37.5. The summed E-state index contributed by atoms with van der Waals surface area (Å²) in [6.07, 6.45) is 1.27. The lowest BCUT2D eigenvalue weighted by molar-refractivity contribution is -0.144. The van der Waals surface area contributed by atoms with E-state index in [2.05, 4.69) is 47.2 Å². The van der Waals surface area contributed by atoms with Crippen molar-refractivity contribution in [2.75, 3.05) is 26.2 Å². The number of rotatable bonds is 32. The smallest absolute Gasteiger partial charge is 0.326 e. The van der Waals surface area contributed by atoms with Crippen molar-refractivity contribution in [2.45, 2.75) is 149 Å². The van der Waals surface area contributed by atoms with Gasteiger partial charge in [0.25, 0.3) is 0 Å². The van der Waals surface area contributed by atoms with Crippen molar-refractivity contribution in [2.24, 2.45) is 62.3 Å². The average Bonchev–Trinajstić information content (AvgIpc) is 3.20. The Morgan fingerprint density at radius 2 is 0.923 bits per heavy atom. The summed E-state index contributed by atoms with van der Waals surface area (Å²) in [6.45, 7) is 13.1. The Morgan fingerprint density at radius 3 is 1.31 bits per heavy atom. The monoisotopic (exact) mass is 927 g/mol. The van der Waals surface area contributed by atoms with Gasteiger partial charge in [-0.05, 0) is 68.6 Å². The largest absolute Gasteiger partial charge is 0.480 e. The van der Waals surface area contributed by atoms with Crippen molar-refractivity contribution in [3.05, 3.63) is 0 Å². The third-order valence-corrected chi connectivity index (χ3v) is 9.93. The van der Waals surface area contributed by atoms with Gasteiger partial charge in [-0.3, -0.25) is 43.5 Å². The number of aliphatic carboxylic acids is 1. The van der Waals surface area contributed by atoms with Crippen LogP contribution in [0.15, 0.2) is 9.98 Å². The van der Waals surface area contributed by atoms with Crippen molar-refractivity contribution in [1.82, 2.24) is 37.2 Å². The molecule has 19 N–H and O–H groups in total. The Hall–Kier alpha value is -5.78. The zero-order valence-electron chi connectivity index (χ0n) is 39.3. The standard InChI is InChI=1S/C41H78N14O10/c1-9-24(8)32(39(64)65)55-38(63)30(20-56)54-35(60)27(13-11-15-48-41(45)46)52-37(62)29(18-23(6)7)53-34(59)26(12-10-14-47-40(43)44)51-36(61)28(17-22(4)5)50-31(57)19-49-33(58)25(42)16-21(2)3/h21-30,32,56H,9-20,42H2,1-8H3,(H,49,58)(H,50,57)(H,51,61)(H,52,62)(H,53,59)(H,54,60)(H,55,63)(H,64,65)(H4,43,44,47)(H4,45,46,48)/t24-,25-,26-,27-,28-,29-,30-,32-/m0/s1. The molecule has 372 valence electrons. The van der Waals surface area contributed by atoms with E-state index in [1.54, 1.807) is 27.7 Å². The van der Waals surface area contributed by atoms with Gasteiger partial charge in [-0.1, -0.05) is 61.8 Å². The Bertz CT molecular complexity index is 1620. The Labute approximate surface area is 382 Å². The molecule has 65 heavy (non-hydrogen) atoms. The molecule has 0 fully saturated rings. The van der Waals surface area contributed by atoms with Gasteiger partial charge >= 0.3 is 5.97 Å². The van der Waals surface area contributed by atoms with Crippen LogP contribution in [0.1, 0.15) is 107 Å². The first-order valence-electron chi connectivity index (χ1n) is 22.1. The first kappa shape index (κ1) is 59.2. The summed E-state index contributed by atoms with van der Waals surface area (Å²) in [7, 11) is 0. The Kier molecular flexibility index (Phi) is 28.4. The number of aliphatic hydroxyl groups excluding tert-OH is 1. The molecule has 0 radical (unpaired) electrons. The van der Waals surface area contributed by atoms with Crippen LogP contribution in [0.3, 0.4) is 0 Å². The van der Waals surface area contributed by atoms with Crippen LogP contribution in [0.25, 0.3) is 0 Å². The van der Waals surface area contributed by atoms with Crippen molar-refractivity contribution in [3.63, 3.8) is 0 Å². The summed E-state index contributed by atoms with van der Waals surface area (Å²) >= 11 is 0. The van der Waals surface area contributed by atoms with Gasteiger partial charge in [-0.2, -0.15) is 0 Å². The highest BCUT2D eigenvalue weighted by molar-refractivity contribution is 5.97. The Morgan fingerprint density at radius 1 is 0.538 bits per heavy atom. The van der Waals surface area contributed by atoms with Gasteiger partial charge in [-0.15, -0.1) is 0 Å². The van der Waals surface area contributed by atoms with Crippen LogP contribution in [0.4, 0.5) is 0 Å². The zero-order chi connectivity index (χ0) is 50.0. The number of aliphatic imine (C=N–C) groups is 2. The van der Waals surface area contributed by atoms with Crippen molar-refractivity contribution < 1.29 is 48.6 Å². The zero-order valence-corrected chi connectivity index (χ0v) is 39.3. The number of carbonyl (C=O) groups is 8. The number of nitrogens with two attached hydrogens (primary N) is 5. The molecule has 0 aromatic heterocycles. The van der Waals surface area contributed by atoms with Gasteiger partial charge in [0.05, 0.1) is 19.2 Å². The van der Waals surface area contributed by atoms with Crippen molar-refractivity contribution >= 4 is 59.2 Å². The van der Waals surface area contributed by atoms with E-state index in [-0.39, 0.29) is 81.3 Å². The molecule has 0 aromatic carbocycles. The van der Waals surface area contributed by atoms with Crippen molar-refractivity contribution in [3.8, 4) is 0 Å². The van der Waals surface area contributed by atoms with E-state index >= 15 is 0 Å². The van der Waals surface area contributed by atoms with Crippen LogP contribution in [-0.4, -0.2) is 138 Å². The van der Waals surface area contributed by atoms with E-state index in [0.29, 0.717) is 12.8 Å². The number of guanidine groups is 2. The third kappa shape index (κ3) is 25.3. The van der Waals surface area contributed by atoms with Crippen LogP contribution < -0.4 is 65.9 Å². The molecule has 0 saturated heterocycles. The molecule has 0 spiro atoms. The first-order chi connectivity index (χ1) is 30.3. The highest BCUT2D eigenvalue weighted by Crippen LogP contribution is 2.12. The maximum Gasteiger partial charge on any atom is 0.326 e. The van der Waals surface area contributed by atoms with Crippen LogP contribution in [0.5, 0.6) is 0 Å². The molecular weight excluding hydrogens is 849 g/mol. The molecule has 24 nitrogen and oxygen atoms in total. The minimum atomic E-state index is -1.60. The summed E-state index contributed by atoms with van der Waals surface area (Å²) in [5.41, 5.74) is 27.8. The van der Waals surface area contributed by atoms with E-state index in [1.165, 1.54) is 0 Å². The Balaban J connectivity index is 6.54. The lowest BCUT2D eigenvalue weighted by atomic mass is 9.99. The molecule has 0 aliphatic heterocycles. The number of carboxylic acid groups (broad SMARTS) is 1.